The van der Waals surface area contributed by atoms with Gasteiger partial charge < -0.3 is 9.13 Å². The fourth-order valence-electron chi connectivity index (χ4n) is 16.5. The van der Waals surface area contributed by atoms with E-state index in [0.717, 1.165) is 149 Å². The molecule has 0 unspecified atom stereocenters. The van der Waals surface area contributed by atoms with Gasteiger partial charge in [0, 0.05) is 76.7 Å². The molecule has 0 spiro atoms. The molecule has 6 heterocycles. The molecule has 10 nitrogen and oxygen atoms in total. The maximum absolute atomic E-state index is 5.51. The van der Waals surface area contributed by atoms with Crippen molar-refractivity contribution in [2.45, 2.75) is 27.7 Å². The van der Waals surface area contributed by atoms with E-state index in [1.807, 2.05) is 37.3 Å². The number of nitrogens with zero attached hydrogens (tertiary/aromatic N) is 10. The van der Waals surface area contributed by atoms with Crippen molar-refractivity contribution < 1.29 is 0 Å². The fourth-order valence-corrected chi connectivity index (χ4v) is 16.5. The standard InChI is InChI=1S/C100H70N10/c1-7-23-61(3)62(4)54-64(6)108-88-36-20-17-32-79(88)83-58-72(46-50-91(83)108)74-47-52-92-84(59-74)80-33-18-21-37-89(80)109(92)99-103-95(68-26-10-9-11-27-68)101-96(104-99)69-41-38-66(39-42-69)71-44-51-93-85(56-71)86-60-75(73-45-49-90-82(57-73)78-31-16-19-35-87(78)107(90)63(5)8-2)48-53-94(86)110(93)100-105-97(76-43-40-65-24-12-13-28-70(65)55-76)102-98(106-100)81-34-22-29-67-25-14-15-30-77(67)81/h7-60H,3-4H2,1-2,5-6H3/b23-7-,63-8+,64-54+. The van der Waals surface area contributed by atoms with Crippen LogP contribution in [0.4, 0.5) is 0 Å². The zero-order valence-electron chi connectivity index (χ0n) is 61.1. The number of benzene rings is 14. The van der Waals surface area contributed by atoms with Gasteiger partial charge in [-0.1, -0.05) is 250 Å². The molecule has 14 aromatic carbocycles. The molecule has 10 heteroatoms. The molecule has 6 aromatic heterocycles. The van der Waals surface area contributed by atoms with Crippen molar-refractivity contribution >= 4 is 120 Å². The Bertz CT molecular complexity index is 7350. The zero-order chi connectivity index (χ0) is 73.8. The quantitative estimate of drug-likeness (QED) is 0.101. The Hall–Kier alpha value is -14.5. The normalized spacial score (nSPS) is 12.3. The summed E-state index contributed by atoms with van der Waals surface area (Å²) >= 11 is 0. The molecule has 0 radical (unpaired) electrons. The van der Waals surface area contributed by atoms with Gasteiger partial charge in [-0.25, -0.2) is 9.97 Å². The number of aromatic nitrogens is 10. The number of rotatable bonds is 14. The number of hydrogen-bond donors (Lipinski definition) is 0. The molecular weight excluding hydrogens is 1340 g/mol. The van der Waals surface area contributed by atoms with Crippen LogP contribution in [0.3, 0.4) is 0 Å². The third-order valence-corrected chi connectivity index (χ3v) is 21.9. The van der Waals surface area contributed by atoms with Crippen LogP contribution in [0.1, 0.15) is 27.7 Å². The van der Waals surface area contributed by atoms with Gasteiger partial charge in [0.1, 0.15) is 0 Å². The lowest BCUT2D eigenvalue weighted by Gasteiger charge is -2.13. The number of para-hydroxylation sites is 3. The summed E-state index contributed by atoms with van der Waals surface area (Å²) in [4.78, 5) is 32.4. The first kappa shape index (κ1) is 65.1. The first-order chi connectivity index (χ1) is 54.1. The van der Waals surface area contributed by atoms with Crippen LogP contribution in [0.25, 0.3) is 211 Å². The molecule has 110 heavy (non-hydrogen) atoms. The average Bonchev–Trinajstić information content (AvgIpc) is 1.58. The predicted molar refractivity (Wildman–Crippen MR) is 460 cm³/mol. The molecule has 520 valence electrons. The zero-order valence-corrected chi connectivity index (χ0v) is 61.1. The van der Waals surface area contributed by atoms with E-state index >= 15 is 0 Å². The SMILES string of the molecule is C=C(/C=C\C)C(=C)/C=C(\C)n1c2ccccc2c2cc(-c3ccc4c(c3)c3ccccc3n4-c3nc(-c4ccccc4)nc(-c4ccc(-c5ccc6c(c5)c5cc(-c7ccc8c(c7)c7ccccc7n8/C(C)=C/C)ccc5n6-c5nc(-c6ccc7ccccc7c6)nc(-c6cccc7ccccc67)n5)cc4)n3)ccc21. The largest absolute Gasteiger partial charge is 0.314 e. The van der Waals surface area contributed by atoms with Crippen molar-refractivity contribution in [3.8, 4) is 90.8 Å². The number of fused-ring (bicyclic) bond motifs is 14. The highest BCUT2D eigenvalue weighted by molar-refractivity contribution is 6.16. The minimum atomic E-state index is 0.520. The van der Waals surface area contributed by atoms with Gasteiger partial charge in [0.05, 0.1) is 44.1 Å². The Morgan fingerprint density at radius 2 is 0.645 bits per heavy atom. The molecule has 0 aliphatic heterocycles. The van der Waals surface area contributed by atoms with E-state index in [0.29, 0.717) is 35.2 Å². The second-order valence-corrected chi connectivity index (χ2v) is 28.4. The fraction of sp³-hybridized carbons (Fsp3) is 0.0400. The van der Waals surface area contributed by atoms with E-state index in [1.54, 1.807) is 0 Å². The van der Waals surface area contributed by atoms with Crippen LogP contribution in [0.2, 0.25) is 0 Å². The Labute approximate surface area is 634 Å². The molecule has 0 fully saturated rings. The predicted octanol–water partition coefficient (Wildman–Crippen LogP) is 25.9. The van der Waals surface area contributed by atoms with Crippen molar-refractivity contribution in [2.75, 3.05) is 0 Å². The van der Waals surface area contributed by atoms with Gasteiger partial charge in [-0.3, -0.25) is 9.13 Å². The van der Waals surface area contributed by atoms with Gasteiger partial charge in [-0.2, -0.15) is 19.9 Å². The van der Waals surface area contributed by atoms with Crippen molar-refractivity contribution in [3.63, 3.8) is 0 Å². The Balaban J connectivity index is 0.715. The van der Waals surface area contributed by atoms with Crippen molar-refractivity contribution in [1.29, 1.82) is 0 Å². The van der Waals surface area contributed by atoms with Crippen LogP contribution in [0.15, 0.2) is 352 Å². The highest BCUT2D eigenvalue weighted by Gasteiger charge is 2.24. The molecule has 20 aromatic rings. The second-order valence-electron chi connectivity index (χ2n) is 28.4. The van der Waals surface area contributed by atoms with Crippen LogP contribution in [-0.4, -0.2) is 48.2 Å². The van der Waals surface area contributed by atoms with Crippen LogP contribution in [-0.2, 0) is 0 Å². The summed E-state index contributed by atoms with van der Waals surface area (Å²) in [6.07, 6.45) is 8.29. The summed E-state index contributed by atoms with van der Waals surface area (Å²) in [5, 5.41) is 13.5. The average molecular weight is 1410 g/mol. The van der Waals surface area contributed by atoms with Gasteiger partial charge in [0.2, 0.25) is 11.9 Å². The van der Waals surface area contributed by atoms with Crippen molar-refractivity contribution in [1.82, 2.24) is 48.2 Å². The summed E-state index contributed by atoms with van der Waals surface area (Å²) < 4.78 is 9.11. The van der Waals surface area contributed by atoms with E-state index in [1.165, 1.54) is 38.3 Å². The molecule has 0 N–H and O–H groups in total. The molecule has 0 saturated carbocycles. The first-order valence-electron chi connectivity index (χ1n) is 37.3. The van der Waals surface area contributed by atoms with E-state index in [9.17, 15) is 0 Å². The van der Waals surface area contributed by atoms with Crippen LogP contribution < -0.4 is 0 Å². The van der Waals surface area contributed by atoms with Crippen molar-refractivity contribution in [3.05, 3.63) is 352 Å². The lowest BCUT2D eigenvalue weighted by molar-refractivity contribution is 0.953. The van der Waals surface area contributed by atoms with Gasteiger partial charge in [-0.15, -0.1) is 0 Å². The third-order valence-electron chi connectivity index (χ3n) is 21.9. The number of hydrogen-bond acceptors (Lipinski definition) is 6. The Kier molecular flexibility index (Phi) is 15.5. The summed E-state index contributed by atoms with van der Waals surface area (Å²) in [7, 11) is 0. The van der Waals surface area contributed by atoms with Crippen LogP contribution >= 0.6 is 0 Å². The topological polar surface area (TPSA) is 97.1 Å². The monoisotopic (exact) mass is 1410 g/mol. The maximum atomic E-state index is 5.51. The molecule has 0 bridgehead atoms. The maximum Gasteiger partial charge on any atom is 0.238 e. The summed E-state index contributed by atoms with van der Waals surface area (Å²) in [6.45, 7) is 17.0. The molecular formula is C100H70N10. The molecule has 0 atom stereocenters. The minimum absolute atomic E-state index is 0.520. The molecule has 0 aliphatic carbocycles. The molecule has 0 aliphatic rings. The van der Waals surface area contributed by atoms with E-state index in [2.05, 4.69) is 349 Å². The summed E-state index contributed by atoms with van der Waals surface area (Å²) in [5.41, 5.74) is 22.6. The highest BCUT2D eigenvalue weighted by Crippen LogP contribution is 2.43. The Morgan fingerprint density at radius 1 is 0.273 bits per heavy atom. The summed E-state index contributed by atoms with van der Waals surface area (Å²) in [5.74, 6) is 3.35. The minimum Gasteiger partial charge on any atom is -0.314 e. The van der Waals surface area contributed by atoms with E-state index in [-0.39, 0.29) is 0 Å². The first-order valence-corrected chi connectivity index (χ1v) is 37.3. The Morgan fingerprint density at radius 3 is 1.21 bits per heavy atom. The second kappa shape index (κ2) is 26.2. The molecule has 0 saturated heterocycles. The van der Waals surface area contributed by atoms with Gasteiger partial charge in [0.25, 0.3) is 0 Å². The van der Waals surface area contributed by atoms with Crippen LogP contribution in [0.5, 0.6) is 0 Å². The lowest BCUT2D eigenvalue weighted by atomic mass is 9.99. The van der Waals surface area contributed by atoms with Gasteiger partial charge >= 0.3 is 0 Å². The van der Waals surface area contributed by atoms with Crippen LogP contribution in [0, 0.1) is 0 Å². The smallest absolute Gasteiger partial charge is 0.238 e. The summed E-state index contributed by atoms with van der Waals surface area (Å²) in [6, 6.07) is 108. The van der Waals surface area contributed by atoms with E-state index in [4.69, 9.17) is 29.9 Å². The highest BCUT2D eigenvalue weighted by atomic mass is 15.2. The van der Waals surface area contributed by atoms with E-state index < -0.39 is 0 Å². The third kappa shape index (κ3) is 10.9. The van der Waals surface area contributed by atoms with Gasteiger partial charge in [0.15, 0.2) is 23.3 Å². The molecule has 20 rings (SSSR count). The van der Waals surface area contributed by atoms with Gasteiger partial charge in [-0.05, 0) is 185 Å². The lowest BCUT2D eigenvalue weighted by Crippen LogP contribution is -2.06. The van der Waals surface area contributed by atoms with Crippen molar-refractivity contribution in [2.24, 2.45) is 0 Å². The number of allylic oxidation sites excluding steroid dienone is 8. The molecule has 0 amide bonds.